The summed E-state index contributed by atoms with van der Waals surface area (Å²) in [6.45, 7) is 32.3. The SMILES string of the molecule is [2H]c1nc(-c2cc(-c3cccc4c3nc(-c3cc(C(C)(C)C)cc(C(C)(C)C)c3O)n4-c3cc(C(C)(C)C)ccc3-c3ccc(C(C)(C)C)cc3)cc(C(C)(C)C)c2)c([2H])c(-c2c([2H])c([2H])c([2H])c([2H])c2[2H])c1[2H]. The number of rotatable bonds is 6. The summed E-state index contributed by atoms with van der Waals surface area (Å²) >= 11 is 0. The first-order valence-corrected chi connectivity index (χ1v) is 23.0. The summed E-state index contributed by atoms with van der Waals surface area (Å²) in [7, 11) is 0. The van der Waals surface area contributed by atoms with Crippen LogP contribution in [0.25, 0.3) is 72.7 Å². The molecule has 0 aliphatic carbocycles. The maximum absolute atomic E-state index is 12.7. The molecule has 2 aromatic heterocycles. The first-order chi connectivity index (χ1) is 34.1. The standard InChI is InChI=1S/C62H69N3O/c1-58(2,3)44-26-24-40(25-27-44)48-29-28-45(59(4,5)6)38-54(48)65-53-23-19-22-49(55(53)64-57(65)50-36-47(61(10,11)12)37-51(56(50)66)62(13,14)15)42-32-43(34-46(33-42)60(7,8)9)52-35-41(30-31-63-52)39-20-17-16-18-21-39/h16-38,66H,1-15H3/i16D,17D,18D,20D,21D,30D,31D,35D. The van der Waals surface area contributed by atoms with E-state index >= 15 is 0 Å². The van der Waals surface area contributed by atoms with E-state index in [4.69, 9.17) is 14.6 Å². The normalized spacial score (nSPS) is 14.5. The van der Waals surface area contributed by atoms with Crippen LogP contribution in [-0.4, -0.2) is 19.6 Å². The van der Waals surface area contributed by atoms with Gasteiger partial charge in [0.15, 0.2) is 0 Å². The highest BCUT2D eigenvalue weighted by atomic mass is 16.3. The van der Waals surface area contributed by atoms with Gasteiger partial charge in [-0.2, -0.15) is 0 Å². The van der Waals surface area contributed by atoms with Gasteiger partial charge in [0.1, 0.15) is 11.6 Å². The Kier molecular flexibility index (Phi) is 9.26. The van der Waals surface area contributed by atoms with Gasteiger partial charge >= 0.3 is 0 Å². The fraction of sp³-hybridized carbons (Fsp3) is 0.323. The minimum atomic E-state index is -0.600. The molecule has 0 aliphatic heterocycles. The molecular weight excluding hydrogens is 803 g/mol. The van der Waals surface area contributed by atoms with Crippen LogP contribution < -0.4 is 0 Å². The monoisotopic (exact) mass is 880 g/mol. The van der Waals surface area contributed by atoms with E-state index in [1.165, 1.54) is 5.56 Å². The molecule has 66 heavy (non-hydrogen) atoms. The van der Waals surface area contributed by atoms with Gasteiger partial charge in [-0.25, -0.2) is 4.98 Å². The van der Waals surface area contributed by atoms with Crippen molar-refractivity contribution in [2.24, 2.45) is 0 Å². The van der Waals surface area contributed by atoms with Crippen LogP contribution >= 0.6 is 0 Å². The number of para-hydroxylation sites is 1. The Morgan fingerprint density at radius 2 is 1.09 bits per heavy atom. The van der Waals surface area contributed by atoms with Gasteiger partial charge in [-0.1, -0.05) is 195 Å². The van der Waals surface area contributed by atoms with Crippen molar-refractivity contribution in [1.82, 2.24) is 14.5 Å². The summed E-state index contributed by atoms with van der Waals surface area (Å²) in [6.07, 6.45) is -0.501. The van der Waals surface area contributed by atoms with E-state index < -0.39 is 53.3 Å². The third kappa shape index (κ3) is 9.12. The molecular formula is C62H69N3O. The fourth-order valence-corrected chi connectivity index (χ4v) is 8.45. The lowest BCUT2D eigenvalue weighted by molar-refractivity contribution is 0.446. The molecule has 8 aromatic rings. The van der Waals surface area contributed by atoms with E-state index in [2.05, 4.69) is 180 Å². The topological polar surface area (TPSA) is 50.9 Å². The number of nitrogens with zero attached hydrogens (tertiary/aromatic N) is 3. The van der Waals surface area contributed by atoms with Crippen LogP contribution in [0.4, 0.5) is 0 Å². The molecule has 4 heteroatoms. The van der Waals surface area contributed by atoms with Crippen molar-refractivity contribution in [3.8, 4) is 67.5 Å². The highest BCUT2D eigenvalue weighted by Crippen LogP contribution is 2.46. The molecule has 0 bridgehead atoms. The molecule has 0 radical (unpaired) electrons. The van der Waals surface area contributed by atoms with Crippen LogP contribution in [0.15, 0.2) is 139 Å². The summed E-state index contributed by atoms with van der Waals surface area (Å²) in [6, 6.07) is 27.8. The molecule has 0 aliphatic rings. The third-order valence-electron chi connectivity index (χ3n) is 12.6. The highest BCUT2D eigenvalue weighted by Gasteiger charge is 2.30. The Balaban J connectivity index is 1.51. The summed E-state index contributed by atoms with van der Waals surface area (Å²) in [5, 5.41) is 12.7. The molecule has 2 heterocycles. The molecule has 1 N–H and O–H groups in total. The first kappa shape index (κ1) is 36.9. The molecule has 0 spiro atoms. The molecule has 338 valence electrons. The van der Waals surface area contributed by atoms with E-state index in [-0.39, 0.29) is 44.9 Å². The number of benzene rings is 6. The van der Waals surface area contributed by atoms with Crippen molar-refractivity contribution in [1.29, 1.82) is 0 Å². The van der Waals surface area contributed by atoms with E-state index in [1.54, 1.807) is 0 Å². The van der Waals surface area contributed by atoms with Crippen LogP contribution in [-0.2, 0) is 27.1 Å². The molecule has 6 aromatic carbocycles. The van der Waals surface area contributed by atoms with Crippen molar-refractivity contribution in [3.05, 3.63) is 167 Å². The lowest BCUT2D eigenvalue weighted by Gasteiger charge is -2.28. The number of aromatic hydroxyl groups is 1. The van der Waals surface area contributed by atoms with Gasteiger partial charge in [0.05, 0.1) is 38.9 Å². The van der Waals surface area contributed by atoms with Gasteiger partial charge in [-0.3, -0.25) is 9.55 Å². The Morgan fingerprint density at radius 3 is 1.71 bits per heavy atom. The molecule has 8 rings (SSSR count). The molecule has 0 atom stereocenters. The van der Waals surface area contributed by atoms with Gasteiger partial charge in [0, 0.05) is 28.4 Å². The van der Waals surface area contributed by atoms with Crippen molar-refractivity contribution in [3.63, 3.8) is 0 Å². The quantitative estimate of drug-likeness (QED) is 0.181. The molecule has 0 fully saturated rings. The molecule has 0 saturated carbocycles. The number of hydrogen-bond acceptors (Lipinski definition) is 3. The molecule has 0 saturated heterocycles. The zero-order valence-corrected chi connectivity index (χ0v) is 41.4. The number of imidazole rings is 1. The van der Waals surface area contributed by atoms with Gasteiger partial charge < -0.3 is 5.11 Å². The van der Waals surface area contributed by atoms with Crippen molar-refractivity contribution < 1.29 is 16.1 Å². The van der Waals surface area contributed by atoms with Gasteiger partial charge in [0.25, 0.3) is 0 Å². The van der Waals surface area contributed by atoms with E-state index in [1.807, 2.05) is 24.3 Å². The zero-order chi connectivity index (χ0) is 54.7. The highest BCUT2D eigenvalue weighted by molar-refractivity contribution is 5.98. The van der Waals surface area contributed by atoms with Crippen LogP contribution in [0.2, 0.25) is 0 Å². The summed E-state index contributed by atoms with van der Waals surface area (Å²) in [5.41, 5.74) is 9.89. The minimum absolute atomic E-state index is 0.0262. The van der Waals surface area contributed by atoms with Crippen LogP contribution in [0.1, 0.15) is 143 Å². The molecule has 4 nitrogen and oxygen atoms in total. The Labute approximate surface area is 406 Å². The molecule has 0 unspecified atom stereocenters. The average Bonchev–Trinajstić information content (AvgIpc) is 3.70. The smallest absolute Gasteiger partial charge is 0.149 e. The zero-order valence-electron chi connectivity index (χ0n) is 49.4. The first-order valence-electron chi connectivity index (χ1n) is 27.0. The van der Waals surface area contributed by atoms with Crippen LogP contribution in [0.3, 0.4) is 0 Å². The Bertz CT molecular complexity index is 3530. The Morgan fingerprint density at radius 1 is 0.485 bits per heavy atom. The number of phenols is 1. The third-order valence-corrected chi connectivity index (χ3v) is 12.6. The predicted molar refractivity (Wildman–Crippen MR) is 281 cm³/mol. The second kappa shape index (κ2) is 16.6. The largest absolute Gasteiger partial charge is 0.507 e. The van der Waals surface area contributed by atoms with E-state index in [0.29, 0.717) is 22.5 Å². The summed E-state index contributed by atoms with van der Waals surface area (Å²) in [5.74, 6) is 0.701. The maximum Gasteiger partial charge on any atom is 0.149 e. The van der Waals surface area contributed by atoms with Gasteiger partial charge in [-0.15, -0.1) is 0 Å². The lowest BCUT2D eigenvalue weighted by atomic mass is 9.79. The van der Waals surface area contributed by atoms with Crippen molar-refractivity contribution >= 4 is 11.0 Å². The molecule has 0 amide bonds. The van der Waals surface area contributed by atoms with Gasteiger partial charge in [-0.05, 0) is 114 Å². The number of phenolic OH excluding ortho intramolecular Hbond substituents is 1. The fourth-order valence-electron chi connectivity index (χ4n) is 8.45. The van der Waals surface area contributed by atoms with E-state index in [9.17, 15) is 6.48 Å². The number of aromatic nitrogens is 3. The van der Waals surface area contributed by atoms with Crippen molar-refractivity contribution in [2.45, 2.75) is 131 Å². The maximum atomic E-state index is 12.7. The number of fused-ring (bicyclic) bond motifs is 1. The number of pyridine rings is 1. The predicted octanol–water partition coefficient (Wildman–Crippen LogP) is 16.9. The van der Waals surface area contributed by atoms with E-state index in [0.717, 1.165) is 55.7 Å². The minimum Gasteiger partial charge on any atom is -0.507 e. The second-order valence-electron chi connectivity index (χ2n) is 22.9. The van der Waals surface area contributed by atoms with Gasteiger partial charge in [0.2, 0.25) is 0 Å². The summed E-state index contributed by atoms with van der Waals surface area (Å²) in [4.78, 5) is 10.2. The average molecular weight is 880 g/mol. The Hall–Kier alpha value is -6.26. The van der Waals surface area contributed by atoms with Crippen molar-refractivity contribution in [2.75, 3.05) is 0 Å². The lowest BCUT2D eigenvalue weighted by Crippen LogP contribution is -2.17. The van der Waals surface area contributed by atoms with Crippen LogP contribution in [0, 0.1) is 0 Å². The second-order valence-corrected chi connectivity index (χ2v) is 22.9. The summed E-state index contributed by atoms with van der Waals surface area (Å²) < 4.78 is 72.2. The van der Waals surface area contributed by atoms with Crippen LogP contribution in [0.5, 0.6) is 5.75 Å². The number of hydrogen-bond donors (Lipinski definition) is 1.